The number of halogens is 3. The normalized spacial score (nSPS) is 23.0. The molecule has 2 saturated heterocycles. The Bertz CT molecular complexity index is 985. The Morgan fingerprint density at radius 2 is 1.84 bits per heavy atom. The Hall–Kier alpha value is -3.04. The summed E-state index contributed by atoms with van der Waals surface area (Å²) in [4.78, 5) is 27.2. The highest BCUT2D eigenvalue weighted by atomic mass is 19.4. The summed E-state index contributed by atoms with van der Waals surface area (Å²) in [5, 5.41) is 2.81. The van der Waals surface area contributed by atoms with E-state index >= 15 is 0 Å². The van der Waals surface area contributed by atoms with Gasteiger partial charge in [0.15, 0.2) is 5.82 Å². The van der Waals surface area contributed by atoms with Gasteiger partial charge in [-0.15, -0.1) is 0 Å². The molecule has 7 nitrogen and oxygen atoms in total. The summed E-state index contributed by atoms with van der Waals surface area (Å²) >= 11 is 0. The van der Waals surface area contributed by atoms with E-state index in [4.69, 9.17) is 0 Å². The van der Waals surface area contributed by atoms with Gasteiger partial charge in [0.25, 0.3) is 0 Å². The topological polar surface area (TPSA) is 64.6 Å². The number of benzene rings is 1. The van der Waals surface area contributed by atoms with E-state index in [9.17, 15) is 18.0 Å². The average molecular weight is 446 g/mol. The first-order chi connectivity index (χ1) is 15.4. The van der Waals surface area contributed by atoms with Crippen LogP contribution in [0.4, 0.5) is 40.8 Å². The zero-order valence-electron chi connectivity index (χ0n) is 17.6. The SMILES string of the molecule is O=C(Nc1cnccn1)N1c2cc(N3CCCC(C(F)(F)F)C3)ccc2N2CCC[C@H]1C2. The number of nitrogens with zero attached hydrogens (tertiary/aromatic N) is 5. The van der Waals surface area contributed by atoms with Crippen LogP contribution in [0.15, 0.2) is 36.8 Å². The number of urea groups is 1. The highest BCUT2D eigenvalue weighted by Crippen LogP contribution is 2.43. The molecule has 3 aliphatic rings. The molecular formula is C22H25F3N6O. The molecule has 170 valence electrons. The Morgan fingerprint density at radius 1 is 1.03 bits per heavy atom. The second-order valence-electron chi connectivity index (χ2n) is 8.63. The lowest BCUT2D eigenvalue weighted by Crippen LogP contribution is -2.56. The average Bonchev–Trinajstić information content (AvgIpc) is 2.79. The zero-order valence-corrected chi connectivity index (χ0v) is 17.6. The fraction of sp³-hybridized carbons (Fsp3) is 0.500. The predicted octanol–water partition coefficient (Wildman–Crippen LogP) is 4.28. The van der Waals surface area contributed by atoms with Gasteiger partial charge in [0.1, 0.15) is 0 Å². The van der Waals surface area contributed by atoms with E-state index in [1.807, 2.05) is 18.2 Å². The van der Waals surface area contributed by atoms with Crippen LogP contribution in [0.2, 0.25) is 0 Å². The fourth-order valence-electron chi connectivity index (χ4n) is 5.04. The van der Waals surface area contributed by atoms with Gasteiger partial charge in [0.05, 0.1) is 29.5 Å². The first kappa shape index (κ1) is 20.8. The van der Waals surface area contributed by atoms with Crippen LogP contribution in [0.5, 0.6) is 0 Å². The third-order valence-electron chi connectivity index (χ3n) is 6.59. The number of piperidine rings is 2. The number of hydrogen-bond donors (Lipinski definition) is 1. The summed E-state index contributed by atoms with van der Waals surface area (Å²) in [5.41, 5.74) is 2.38. The van der Waals surface area contributed by atoms with Crippen LogP contribution in [0.1, 0.15) is 25.7 Å². The molecule has 2 aromatic rings. The van der Waals surface area contributed by atoms with Crippen molar-refractivity contribution in [3.63, 3.8) is 0 Å². The first-order valence-electron chi connectivity index (χ1n) is 11.0. The van der Waals surface area contributed by atoms with Crippen LogP contribution in [-0.4, -0.2) is 54.4 Å². The van der Waals surface area contributed by atoms with Gasteiger partial charge in [-0.25, -0.2) is 9.78 Å². The monoisotopic (exact) mass is 446 g/mol. The van der Waals surface area contributed by atoms with Gasteiger partial charge >= 0.3 is 12.2 Å². The molecule has 1 aromatic carbocycles. The summed E-state index contributed by atoms with van der Waals surface area (Å²) in [6.07, 6.45) is 2.82. The van der Waals surface area contributed by atoms with Crippen molar-refractivity contribution in [3.8, 4) is 0 Å². The number of amides is 2. The number of hydrogen-bond acceptors (Lipinski definition) is 5. The summed E-state index contributed by atoms with van der Waals surface area (Å²) in [7, 11) is 0. The number of rotatable bonds is 2. The molecule has 5 rings (SSSR count). The van der Waals surface area contributed by atoms with Crippen molar-refractivity contribution in [2.45, 2.75) is 37.9 Å². The molecule has 1 aromatic heterocycles. The molecule has 4 heterocycles. The molecule has 1 N–H and O–H groups in total. The highest BCUT2D eigenvalue weighted by molar-refractivity contribution is 6.05. The number of aromatic nitrogens is 2. The van der Waals surface area contributed by atoms with Gasteiger partial charge in [0, 0.05) is 44.3 Å². The minimum absolute atomic E-state index is 0.00699. The first-order valence-corrected chi connectivity index (χ1v) is 11.0. The summed E-state index contributed by atoms with van der Waals surface area (Å²) in [6.45, 7) is 2.16. The van der Waals surface area contributed by atoms with E-state index in [-0.39, 0.29) is 25.0 Å². The van der Waals surface area contributed by atoms with E-state index < -0.39 is 12.1 Å². The quantitative estimate of drug-likeness (QED) is 0.746. The molecule has 2 bridgehead atoms. The number of anilines is 4. The molecule has 32 heavy (non-hydrogen) atoms. The minimum atomic E-state index is -4.20. The van der Waals surface area contributed by atoms with Crippen molar-refractivity contribution < 1.29 is 18.0 Å². The molecule has 0 saturated carbocycles. The third-order valence-corrected chi connectivity index (χ3v) is 6.59. The van der Waals surface area contributed by atoms with Gasteiger partial charge in [0.2, 0.25) is 0 Å². The minimum Gasteiger partial charge on any atom is -0.371 e. The zero-order chi connectivity index (χ0) is 22.3. The molecule has 1 unspecified atom stereocenters. The Balaban J connectivity index is 1.47. The summed E-state index contributed by atoms with van der Waals surface area (Å²) in [5.74, 6) is -0.969. The van der Waals surface area contributed by atoms with Gasteiger partial charge < -0.3 is 9.80 Å². The van der Waals surface area contributed by atoms with Crippen molar-refractivity contribution in [3.05, 3.63) is 36.8 Å². The molecule has 2 amide bonds. The standard InChI is InChI=1S/C22H25F3N6O/c23-22(24,25)15-3-1-9-29(13-15)16-5-6-18-19(11-16)31(17-4-2-10-30(18)14-17)21(32)28-20-12-26-7-8-27-20/h5-8,11-12,15,17H,1-4,9-10,13-14H2,(H,27,28,32)/t15?,17-/m0/s1. The van der Waals surface area contributed by atoms with E-state index in [2.05, 4.69) is 20.2 Å². The lowest BCUT2D eigenvalue weighted by Gasteiger charge is -2.47. The number of alkyl halides is 3. The summed E-state index contributed by atoms with van der Waals surface area (Å²) < 4.78 is 40.0. The number of carbonyl (C=O) groups is 1. The second-order valence-corrected chi connectivity index (χ2v) is 8.63. The molecular weight excluding hydrogens is 421 g/mol. The number of fused-ring (bicyclic) bond motifs is 4. The number of carbonyl (C=O) groups excluding carboxylic acids is 1. The van der Waals surface area contributed by atoms with Gasteiger partial charge in [-0.3, -0.25) is 15.2 Å². The Labute approximate surface area is 184 Å². The molecule has 0 radical (unpaired) electrons. The molecule has 2 atom stereocenters. The Kier molecular flexibility index (Phi) is 5.30. The Morgan fingerprint density at radius 3 is 2.62 bits per heavy atom. The van der Waals surface area contributed by atoms with Crippen molar-refractivity contribution in [2.75, 3.05) is 46.2 Å². The molecule has 2 fully saturated rings. The summed E-state index contributed by atoms with van der Waals surface area (Å²) in [6, 6.07) is 5.38. The van der Waals surface area contributed by atoms with E-state index in [1.54, 1.807) is 9.80 Å². The van der Waals surface area contributed by atoms with E-state index in [1.165, 1.54) is 18.6 Å². The molecule has 0 spiro atoms. The van der Waals surface area contributed by atoms with Crippen LogP contribution in [0, 0.1) is 5.92 Å². The van der Waals surface area contributed by atoms with Crippen molar-refractivity contribution in [1.29, 1.82) is 0 Å². The van der Waals surface area contributed by atoms with Gasteiger partial charge in [-0.1, -0.05) is 0 Å². The molecule has 3 aliphatic heterocycles. The molecule has 10 heteroatoms. The van der Waals surface area contributed by atoms with Crippen LogP contribution in [0.3, 0.4) is 0 Å². The molecule has 0 aliphatic carbocycles. The van der Waals surface area contributed by atoms with Gasteiger partial charge in [-0.2, -0.15) is 13.2 Å². The maximum Gasteiger partial charge on any atom is 0.393 e. The fourth-order valence-corrected chi connectivity index (χ4v) is 5.04. The van der Waals surface area contributed by atoms with Crippen molar-refractivity contribution in [2.24, 2.45) is 5.92 Å². The van der Waals surface area contributed by atoms with Crippen LogP contribution >= 0.6 is 0 Å². The van der Waals surface area contributed by atoms with Gasteiger partial charge in [-0.05, 0) is 43.9 Å². The maximum absolute atomic E-state index is 13.3. The highest BCUT2D eigenvalue weighted by Gasteiger charge is 2.42. The third kappa shape index (κ3) is 3.93. The second kappa shape index (κ2) is 8.14. The lowest BCUT2D eigenvalue weighted by molar-refractivity contribution is -0.175. The van der Waals surface area contributed by atoms with Crippen molar-refractivity contribution in [1.82, 2.24) is 9.97 Å². The predicted molar refractivity (Wildman–Crippen MR) is 116 cm³/mol. The number of nitrogens with one attached hydrogen (secondary N) is 1. The van der Waals surface area contributed by atoms with Crippen molar-refractivity contribution >= 4 is 28.9 Å². The van der Waals surface area contributed by atoms with Crippen LogP contribution < -0.4 is 20.0 Å². The largest absolute Gasteiger partial charge is 0.393 e. The van der Waals surface area contributed by atoms with E-state index in [0.717, 1.165) is 43.0 Å². The lowest BCUT2D eigenvalue weighted by atomic mass is 9.95. The van der Waals surface area contributed by atoms with Crippen LogP contribution in [-0.2, 0) is 0 Å². The maximum atomic E-state index is 13.3. The smallest absolute Gasteiger partial charge is 0.371 e. The van der Waals surface area contributed by atoms with Crippen LogP contribution in [0.25, 0.3) is 0 Å². The van der Waals surface area contributed by atoms with E-state index in [0.29, 0.717) is 18.8 Å².